The number of amides is 1. The average molecular weight is 399 g/mol. The van der Waals surface area contributed by atoms with Gasteiger partial charge in [-0.2, -0.15) is 0 Å². The molecule has 0 atom stereocenters. The lowest BCUT2D eigenvalue weighted by Gasteiger charge is -2.26. The summed E-state index contributed by atoms with van der Waals surface area (Å²) in [5.74, 6) is -0.428. The third-order valence-corrected chi connectivity index (χ3v) is 4.40. The molecule has 0 saturated carbocycles. The van der Waals surface area contributed by atoms with Gasteiger partial charge < -0.3 is 20.1 Å². The van der Waals surface area contributed by atoms with Gasteiger partial charge in [0, 0.05) is 38.6 Å². The Morgan fingerprint density at radius 2 is 1.90 bits per heavy atom. The van der Waals surface area contributed by atoms with E-state index in [-0.39, 0.29) is 6.61 Å². The first-order valence-electron chi connectivity index (χ1n) is 9.61. The Hall–Kier alpha value is -3.04. The Labute approximate surface area is 169 Å². The highest BCUT2D eigenvalue weighted by Crippen LogP contribution is 2.17. The SMILES string of the molecule is CCOC(=O)c1ccccc1NC(=O)c1cnc(NCCN2CCOCC2)nc1. The predicted octanol–water partition coefficient (Wildman–Crippen LogP) is 1.65. The molecule has 0 radical (unpaired) electrons. The molecule has 2 aromatic rings. The number of anilines is 2. The molecule has 0 bridgehead atoms. The maximum absolute atomic E-state index is 12.5. The third kappa shape index (κ3) is 5.97. The number of carbonyl (C=O) groups is 2. The third-order valence-electron chi connectivity index (χ3n) is 4.40. The van der Waals surface area contributed by atoms with Gasteiger partial charge in [-0.15, -0.1) is 0 Å². The first-order chi connectivity index (χ1) is 14.2. The summed E-state index contributed by atoms with van der Waals surface area (Å²) in [7, 11) is 0. The van der Waals surface area contributed by atoms with Crippen LogP contribution in [0.2, 0.25) is 0 Å². The topological polar surface area (TPSA) is 106 Å². The monoisotopic (exact) mass is 399 g/mol. The van der Waals surface area contributed by atoms with Crippen LogP contribution in [0.5, 0.6) is 0 Å². The fourth-order valence-electron chi connectivity index (χ4n) is 2.86. The largest absolute Gasteiger partial charge is 0.462 e. The van der Waals surface area contributed by atoms with Gasteiger partial charge in [0.15, 0.2) is 0 Å². The number of esters is 1. The van der Waals surface area contributed by atoms with E-state index in [9.17, 15) is 9.59 Å². The number of hydrogen-bond acceptors (Lipinski definition) is 8. The Balaban J connectivity index is 1.54. The lowest BCUT2D eigenvalue weighted by Crippen LogP contribution is -2.39. The van der Waals surface area contributed by atoms with Crippen LogP contribution in [0.15, 0.2) is 36.7 Å². The Kier molecular flexibility index (Phi) is 7.48. The van der Waals surface area contributed by atoms with Gasteiger partial charge in [-0.05, 0) is 19.1 Å². The number of rotatable bonds is 8. The van der Waals surface area contributed by atoms with Crippen LogP contribution in [0.25, 0.3) is 0 Å². The number of nitrogens with zero attached hydrogens (tertiary/aromatic N) is 3. The van der Waals surface area contributed by atoms with Crippen LogP contribution in [-0.4, -0.2) is 72.7 Å². The van der Waals surface area contributed by atoms with Crippen molar-refractivity contribution < 1.29 is 19.1 Å². The van der Waals surface area contributed by atoms with E-state index in [1.165, 1.54) is 12.4 Å². The lowest BCUT2D eigenvalue weighted by molar-refractivity contribution is 0.0398. The summed E-state index contributed by atoms with van der Waals surface area (Å²) in [5.41, 5.74) is 0.969. The first-order valence-corrected chi connectivity index (χ1v) is 9.61. The van der Waals surface area contributed by atoms with Gasteiger partial charge in [0.1, 0.15) is 0 Å². The number of morpholine rings is 1. The Morgan fingerprint density at radius 1 is 1.17 bits per heavy atom. The molecule has 1 aromatic carbocycles. The molecule has 2 heterocycles. The predicted molar refractivity (Wildman–Crippen MR) is 108 cm³/mol. The molecule has 0 spiro atoms. The number of benzene rings is 1. The maximum atomic E-state index is 12.5. The normalized spacial score (nSPS) is 14.2. The zero-order chi connectivity index (χ0) is 20.5. The summed E-state index contributed by atoms with van der Waals surface area (Å²) < 4.78 is 10.3. The summed E-state index contributed by atoms with van der Waals surface area (Å²) in [4.78, 5) is 35.2. The van der Waals surface area contributed by atoms with E-state index in [1.54, 1.807) is 31.2 Å². The van der Waals surface area contributed by atoms with E-state index in [0.29, 0.717) is 29.3 Å². The van der Waals surface area contributed by atoms with Crippen molar-refractivity contribution >= 4 is 23.5 Å². The minimum atomic E-state index is -0.487. The summed E-state index contributed by atoms with van der Waals surface area (Å²) in [6.07, 6.45) is 2.90. The molecule has 29 heavy (non-hydrogen) atoms. The van der Waals surface area contributed by atoms with Crippen molar-refractivity contribution in [1.29, 1.82) is 0 Å². The molecule has 3 rings (SSSR count). The van der Waals surface area contributed by atoms with E-state index in [4.69, 9.17) is 9.47 Å². The molecule has 9 nitrogen and oxygen atoms in total. The molecule has 2 N–H and O–H groups in total. The highest BCUT2D eigenvalue weighted by Gasteiger charge is 2.15. The number of aromatic nitrogens is 2. The van der Waals surface area contributed by atoms with Crippen LogP contribution < -0.4 is 10.6 Å². The lowest BCUT2D eigenvalue weighted by atomic mass is 10.1. The number of hydrogen-bond donors (Lipinski definition) is 2. The minimum Gasteiger partial charge on any atom is -0.462 e. The molecule has 1 aromatic heterocycles. The van der Waals surface area contributed by atoms with Crippen molar-refractivity contribution in [1.82, 2.24) is 14.9 Å². The second kappa shape index (κ2) is 10.5. The first kappa shape index (κ1) is 20.7. The maximum Gasteiger partial charge on any atom is 0.340 e. The molecule has 154 valence electrons. The van der Waals surface area contributed by atoms with Gasteiger partial charge in [-0.25, -0.2) is 14.8 Å². The molecule has 1 aliphatic rings. The smallest absolute Gasteiger partial charge is 0.340 e. The van der Waals surface area contributed by atoms with E-state index in [1.807, 2.05) is 0 Å². The molecule has 1 fully saturated rings. The van der Waals surface area contributed by atoms with E-state index >= 15 is 0 Å². The minimum absolute atomic E-state index is 0.259. The number of nitrogens with one attached hydrogen (secondary N) is 2. The van der Waals surface area contributed by atoms with Crippen LogP contribution in [0.4, 0.5) is 11.6 Å². The standard InChI is InChI=1S/C20H25N5O4/c1-2-29-19(27)16-5-3-4-6-17(16)24-18(26)15-13-22-20(23-14-15)21-7-8-25-9-11-28-12-10-25/h3-6,13-14H,2,7-12H2,1H3,(H,24,26)(H,21,22,23). The van der Waals surface area contributed by atoms with Gasteiger partial charge in [-0.3, -0.25) is 9.69 Å². The number of carbonyl (C=O) groups excluding carboxylic acids is 2. The summed E-state index contributed by atoms with van der Waals surface area (Å²) in [5, 5.41) is 5.86. The molecule has 1 saturated heterocycles. The van der Waals surface area contributed by atoms with E-state index in [0.717, 1.165) is 32.8 Å². The van der Waals surface area contributed by atoms with Gasteiger partial charge in [0.25, 0.3) is 5.91 Å². The Bertz CT molecular complexity index is 822. The molecule has 0 aliphatic carbocycles. The van der Waals surface area contributed by atoms with Crippen LogP contribution in [-0.2, 0) is 9.47 Å². The summed E-state index contributed by atoms with van der Waals surface area (Å²) >= 11 is 0. The summed E-state index contributed by atoms with van der Waals surface area (Å²) in [6.45, 7) is 6.95. The molecule has 9 heteroatoms. The van der Waals surface area contributed by atoms with Crippen LogP contribution in [0, 0.1) is 0 Å². The van der Waals surface area contributed by atoms with Gasteiger partial charge in [0.2, 0.25) is 5.95 Å². The van der Waals surface area contributed by atoms with E-state index < -0.39 is 11.9 Å². The molecule has 1 amide bonds. The average Bonchev–Trinajstić information content (AvgIpc) is 2.75. The van der Waals surface area contributed by atoms with Crippen molar-refractivity contribution in [3.63, 3.8) is 0 Å². The van der Waals surface area contributed by atoms with Crippen LogP contribution >= 0.6 is 0 Å². The van der Waals surface area contributed by atoms with Crippen molar-refractivity contribution in [2.45, 2.75) is 6.92 Å². The molecular weight excluding hydrogens is 374 g/mol. The molecule has 0 unspecified atom stereocenters. The quantitative estimate of drug-likeness (QED) is 0.646. The second-order valence-corrected chi connectivity index (χ2v) is 6.40. The van der Waals surface area contributed by atoms with E-state index in [2.05, 4.69) is 25.5 Å². The zero-order valence-electron chi connectivity index (χ0n) is 16.4. The van der Waals surface area contributed by atoms with Crippen molar-refractivity contribution in [2.24, 2.45) is 0 Å². The molecule has 1 aliphatic heterocycles. The fourth-order valence-corrected chi connectivity index (χ4v) is 2.86. The Morgan fingerprint density at radius 3 is 2.62 bits per heavy atom. The van der Waals surface area contributed by atoms with Crippen LogP contribution in [0.1, 0.15) is 27.6 Å². The van der Waals surface area contributed by atoms with Crippen molar-refractivity contribution in [3.8, 4) is 0 Å². The number of ether oxygens (including phenoxy) is 2. The zero-order valence-corrected chi connectivity index (χ0v) is 16.4. The number of para-hydroxylation sites is 1. The second-order valence-electron chi connectivity index (χ2n) is 6.40. The van der Waals surface area contributed by atoms with Gasteiger partial charge in [0.05, 0.1) is 36.6 Å². The van der Waals surface area contributed by atoms with Crippen LogP contribution in [0.3, 0.4) is 0 Å². The van der Waals surface area contributed by atoms with Gasteiger partial charge in [-0.1, -0.05) is 12.1 Å². The van der Waals surface area contributed by atoms with Crippen molar-refractivity contribution in [3.05, 3.63) is 47.8 Å². The fraction of sp³-hybridized carbons (Fsp3) is 0.400. The highest BCUT2D eigenvalue weighted by atomic mass is 16.5. The summed E-state index contributed by atoms with van der Waals surface area (Å²) in [6, 6.07) is 6.69. The van der Waals surface area contributed by atoms with Gasteiger partial charge >= 0.3 is 5.97 Å². The molecular formula is C20H25N5O4. The highest BCUT2D eigenvalue weighted by molar-refractivity contribution is 6.07. The van der Waals surface area contributed by atoms with Crippen molar-refractivity contribution in [2.75, 3.05) is 56.6 Å².